The van der Waals surface area contributed by atoms with Crippen molar-refractivity contribution >= 4 is 17.4 Å². The Morgan fingerprint density at radius 2 is 2.28 bits per heavy atom. The van der Waals surface area contributed by atoms with Crippen LogP contribution in [0.2, 0.25) is 0 Å². The third kappa shape index (κ3) is 3.00. The lowest BCUT2D eigenvalue weighted by atomic mass is 9.98. The molecule has 1 amide bonds. The number of likely N-dealkylation sites (tertiary alicyclic amines) is 1. The summed E-state index contributed by atoms with van der Waals surface area (Å²) in [6.45, 7) is 6.84. The van der Waals surface area contributed by atoms with Gasteiger partial charge in [-0.15, -0.1) is 11.3 Å². The second-order valence-electron chi connectivity index (χ2n) is 5.41. The van der Waals surface area contributed by atoms with E-state index in [-0.39, 0.29) is 18.6 Å². The van der Waals surface area contributed by atoms with E-state index in [0.717, 1.165) is 10.7 Å². The third-order valence-electron chi connectivity index (χ3n) is 2.66. The number of hydrogen-bond donors (Lipinski definition) is 1. The van der Waals surface area contributed by atoms with Gasteiger partial charge in [0, 0.05) is 24.4 Å². The quantitative estimate of drug-likeness (QED) is 0.892. The molecule has 1 aromatic rings. The predicted octanol–water partition coefficient (Wildman–Crippen LogP) is 1.97. The number of aliphatic hydroxyl groups is 1. The largest absolute Gasteiger partial charge is 0.444 e. The lowest BCUT2D eigenvalue weighted by Gasteiger charge is -2.39. The lowest BCUT2D eigenvalue weighted by molar-refractivity contribution is 0.00790. The molecule has 2 rings (SSSR count). The van der Waals surface area contributed by atoms with Crippen LogP contribution in [0.5, 0.6) is 0 Å². The van der Waals surface area contributed by atoms with E-state index in [1.54, 1.807) is 4.90 Å². The standard InChI is InChI=1S/C12H18N2O3S/c1-12(2,3)17-11(16)14-4-8(5-14)9-7-18-10(6-15)13-9/h7-8,15H,4-6H2,1-3H3. The molecule has 0 unspecified atom stereocenters. The minimum Gasteiger partial charge on any atom is -0.444 e. The van der Waals surface area contributed by atoms with Crippen LogP contribution in [0.3, 0.4) is 0 Å². The molecule has 0 spiro atoms. The maximum atomic E-state index is 11.7. The zero-order valence-electron chi connectivity index (χ0n) is 10.8. The summed E-state index contributed by atoms with van der Waals surface area (Å²) in [4.78, 5) is 17.7. The van der Waals surface area contributed by atoms with Crippen molar-refractivity contribution in [2.45, 2.75) is 38.9 Å². The van der Waals surface area contributed by atoms with E-state index < -0.39 is 5.60 Å². The van der Waals surface area contributed by atoms with E-state index in [1.165, 1.54) is 11.3 Å². The van der Waals surface area contributed by atoms with Crippen molar-refractivity contribution in [3.8, 4) is 0 Å². The van der Waals surface area contributed by atoms with Crippen LogP contribution in [0, 0.1) is 0 Å². The monoisotopic (exact) mass is 270 g/mol. The van der Waals surface area contributed by atoms with E-state index >= 15 is 0 Å². The highest BCUT2D eigenvalue weighted by atomic mass is 32.1. The van der Waals surface area contributed by atoms with E-state index in [9.17, 15) is 4.79 Å². The van der Waals surface area contributed by atoms with Crippen LogP contribution in [0.1, 0.15) is 37.4 Å². The molecular formula is C12H18N2O3S. The second kappa shape index (κ2) is 4.85. The minimum atomic E-state index is -0.452. The fourth-order valence-electron chi connectivity index (χ4n) is 1.73. The molecule has 0 radical (unpaired) electrons. The van der Waals surface area contributed by atoms with Gasteiger partial charge in [-0.2, -0.15) is 0 Å². The van der Waals surface area contributed by atoms with E-state index in [0.29, 0.717) is 13.1 Å². The summed E-state index contributed by atoms with van der Waals surface area (Å²) in [5.74, 6) is 0.272. The summed E-state index contributed by atoms with van der Waals surface area (Å²) in [6.07, 6.45) is -0.267. The van der Waals surface area contributed by atoms with Gasteiger partial charge in [0.15, 0.2) is 0 Å². The smallest absolute Gasteiger partial charge is 0.410 e. The maximum absolute atomic E-state index is 11.7. The first-order chi connectivity index (χ1) is 8.39. The van der Waals surface area contributed by atoms with Gasteiger partial charge in [-0.25, -0.2) is 9.78 Å². The highest BCUT2D eigenvalue weighted by Crippen LogP contribution is 2.29. The number of thiazole rings is 1. The number of rotatable bonds is 2. The van der Waals surface area contributed by atoms with Crippen LogP contribution in [0.15, 0.2) is 5.38 Å². The van der Waals surface area contributed by atoms with Gasteiger partial charge in [0.2, 0.25) is 0 Å². The first-order valence-electron chi connectivity index (χ1n) is 5.92. The Labute approximate surface area is 110 Å². The summed E-state index contributed by atoms with van der Waals surface area (Å²) < 4.78 is 5.28. The number of hydrogen-bond acceptors (Lipinski definition) is 5. The number of ether oxygens (including phenoxy) is 1. The number of carbonyl (C=O) groups excluding carboxylic acids is 1. The molecule has 0 aromatic carbocycles. The molecule has 2 heterocycles. The van der Waals surface area contributed by atoms with Crippen LogP contribution < -0.4 is 0 Å². The Bertz CT molecular complexity index is 433. The van der Waals surface area contributed by atoms with E-state index in [4.69, 9.17) is 9.84 Å². The fraction of sp³-hybridized carbons (Fsp3) is 0.667. The average Bonchev–Trinajstić information content (AvgIpc) is 2.60. The molecule has 1 N–H and O–H groups in total. The Morgan fingerprint density at radius 1 is 1.61 bits per heavy atom. The van der Waals surface area contributed by atoms with Crippen molar-refractivity contribution in [2.24, 2.45) is 0 Å². The van der Waals surface area contributed by atoms with Gasteiger partial charge in [-0.3, -0.25) is 0 Å². The molecule has 1 aliphatic heterocycles. The zero-order chi connectivity index (χ0) is 13.3. The summed E-state index contributed by atoms with van der Waals surface area (Å²) in [5.41, 5.74) is 0.510. The van der Waals surface area contributed by atoms with Crippen LogP contribution in [0.25, 0.3) is 0 Å². The number of aromatic nitrogens is 1. The molecule has 1 fully saturated rings. The Balaban J connectivity index is 1.85. The first-order valence-corrected chi connectivity index (χ1v) is 6.80. The molecule has 0 aliphatic carbocycles. The van der Waals surface area contributed by atoms with Crippen molar-refractivity contribution in [3.05, 3.63) is 16.1 Å². The highest BCUT2D eigenvalue weighted by molar-refractivity contribution is 7.09. The number of carbonyl (C=O) groups is 1. The third-order valence-corrected chi connectivity index (χ3v) is 3.51. The van der Waals surface area contributed by atoms with Crippen molar-refractivity contribution in [1.29, 1.82) is 0 Å². The van der Waals surface area contributed by atoms with Gasteiger partial charge >= 0.3 is 6.09 Å². The molecule has 0 atom stereocenters. The minimum absolute atomic E-state index is 0.0207. The van der Waals surface area contributed by atoms with Gasteiger partial charge in [0.25, 0.3) is 0 Å². The highest BCUT2D eigenvalue weighted by Gasteiger charge is 2.35. The second-order valence-corrected chi connectivity index (χ2v) is 6.35. The van der Waals surface area contributed by atoms with Crippen LogP contribution >= 0.6 is 11.3 Å². The number of aliphatic hydroxyl groups excluding tert-OH is 1. The Morgan fingerprint density at radius 3 is 2.78 bits per heavy atom. The average molecular weight is 270 g/mol. The van der Waals surface area contributed by atoms with Gasteiger partial charge in [-0.05, 0) is 20.8 Å². The van der Waals surface area contributed by atoms with Crippen LogP contribution in [0.4, 0.5) is 4.79 Å². The Kier molecular flexibility index (Phi) is 3.59. The predicted molar refractivity (Wildman–Crippen MR) is 68.6 cm³/mol. The summed E-state index contributed by atoms with van der Waals surface area (Å²) in [5, 5.41) is 11.6. The first kappa shape index (κ1) is 13.3. The zero-order valence-corrected chi connectivity index (χ0v) is 11.7. The number of amides is 1. The van der Waals surface area contributed by atoms with Crippen molar-refractivity contribution < 1.29 is 14.6 Å². The van der Waals surface area contributed by atoms with E-state index in [2.05, 4.69) is 4.98 Å². The SMILES string of the molecule is CC(C)(C)OC(=O)N1CC(c2csc(CO)n2)C1. The normalized spacial score (nSPS) is 16.6. The van der Waals surface area contributed by atoms with Crippen LogP contribution in [-0.2, 0) is 11.3 Å². The van der Waals surface area contributed by atoms with E-state index in [1.807, 2.05) is 26.2 Å². The molecule has 1 aliphatic rings. The van der Waals surface area contributed by atoms with Crippen molar-refractivity contribution in [2.75, 3.05) is 13.1 Å². The topological polar surface area (TPSA) is 62.7 Å². The summed E-state index contributed by atoms with van der Waals surface area (Å²) >= 11 is 1.45. The molecule has 18 heavy (non-hydrogen) atoms. The summed E-state index contributed by atoms with van der Waals surface area (Å²) in [6, 6.07) is 0. The van der Waals surface area contributed by atoms with Crippen molar-refractivity contribution in [3.63, 3.8) is 0 Å². The molecule has 6 heteroatoms. The number of nitrogens with zero attached hydrogens (tertiary/aromatic N) is 2. The summed E-state index contributed by atoms with van der Waals surface area (Å²) in [7, 11) is 0. The molecule has 5 nitrogen and oxygen atoms in total. The molecule has 1 saturated heterocycles. The molecule has 0 saturated carbocycles. The molecule has 100 valence electrons. The molecule has 1 aromatic heterocycles. The van der Waals surface area contributed by atoms with Crippen molar-refractivity contribution in [1.82, 2.24) is 9.88 Å². The molecular weight excluding hydrogens is 252 g/mol. The lowest BCUT2D eigenvalue weighted by Crippen LogP contribution is -2.50. The Hall–Kier alpha value is -1.14. The van der Waals surface area contributed by atoms with Gasteiger partial charge < -0.3 is 14.7 Å². The van der Waals surface area contributed by atoms with Gasteiger partial charge in [0.05, 0.1) is 12.3 Å². The van der Waals surface area contributed by atoms with Gasteiger partial charge in [0.1, 0.15) is 10.6 Å². The van der Waals surface area contributed by atoms with Gasteiger partial charge in [-0.1, -0.05) is 0 Å². The molecule has 0 bridgehead atoms. The maximum Gasteiger partial charge on any atom is 0.410 e. The van der Waals surface area contributed by atoms with Crippen LogP contribution in [-0.4, -0.2) is 39.8 Å². The fourth-order valence-corrected chi connectivity index (χ4v) is 2.46.